The number of anilines is 2. The first kappa shape index (κ1) is 41.7. The van der Waals surface area contributed by atoms with Crippen LogP contribution in [0.1, 0.15) is 96.6 Å². The summed E-state index contributed by atoms with van der Waals surface area (Å²) in [6, 6.07) is 16.5. The second-order valence-electron chi connectivity index (χ2n) is 17.7. The van der Waals surface area contributed by atoms with E-state index in [-0.39, 0.29) is 48.0 Å². The van der Waals surface area contributed by atoms with Crippen LogP contribution in [0.15, 0.2) is 48.5 Å². The van der Waals surface area contributed by atoms with E-state index < -0.39 is 5.41 Å². The number of carbonyl (C=O) groups is 5. The molecule has 2 aliphatic carbocycles. The van der Waals surface area contributed by atoms with Crippen LogP contribution in [0.3, 0.4) is 0 Å². The molecule has 4 saturated heterocycles. The molecule has 13 heteroatoms. The van der Waals surface area contributed by atoms with Crippen LogP contribution in [0, 0.1) is 10.8 Å². The molecule has 314 valence electrons. The molecule has 2 saturated carbocycles. The average molecular weight is 799 g/mol. The minimum atomic E-state index is -0.426. The van der Waals surface area contributed by atoms with E-state index >= 15 is 0 Å². The molecule has 8 aliphatic rings. The van der Waals surface area contributed by atoms with E-state index in [0.29, 0.717) is 50.4 Å². The maximum atomic E-state index is 12.8. The molecule has 58 heavy (non-hydrogen) atoms. The summed E-state index contributed by atoms with van der Waals surface area (Å²) in [5.41, 5.74) is 4.09. The van der Waals surface area contributed by atoms with Crippen molar-refractivity contribution in [2.75, 3.05) is 76.2 Å². The Bertz CT molecular complexity index is 1860. The van der Waals surface area contributed by atoms with Gasteiger partial charge < -0.3 is 35.2 Å². The molecule has 3 N–H and O–H groups in total. The quantitative estimate of drug-likeness (QED) is 0.336. The van der Waals surface area contributed by atoms with E-state index in [1.807, 2.05) is 61.2 Å². The summed E-state index contributed by atoms with van der Waals surface area (Å²) in [5, 5.41) is 9.35. The number of likely N-dealkylation sites (tertiary alicyclic amines) is 3. The Morgan fingerprint density at radius 2 is 1.17 bits per heavy atom. The highest BCUT2D eigenvalue weighted by Gasteiger charge is 2.54. The Morgan fingerprint density at radius 3 is 1.67 bits per heavy atom. The van der Waals surface area contributed by atoms with E-state index in [1.54, 1.807) is 4.90 Å². The van der Waals surface area contributed by atoms with Gasteiger partial charge in [-0.05, 0) is 102 Å². The Balaban J connectivity index is 0.000000145. The number of nitrogens with one attached hydrogen (secondary N) is 3. The first-order valence-electron chi connectivity index (χ1n) is 21.2. The largest absolute Gasteiger partial charge is 0.450 e. The fourth-order valence-electron chi connectivity index (χ4n) is 11.0. The number of ketones is 1. The summed E-state index contributed by atoms with van der Waals surface area (Å²) >= 11 is 0. The number of rotatable bonds is 3. The van der Waals surface area contributed by atoms with Crippen LogP contribution in [-0.4, -0.2) is 116 Å². The Hall–Kier alpha value is -4.49. The highest BCUT2D eigenvalue weighted by molar-refractivity contribution is 6.07. The SMILES string of the molecule is C.CCOC(=O)N1CC2(CCN(C3CCC4(CC3)C(=O)Nc3ccccc34)C2)C1.CCOC(=O)N1CC2(CCNC2)C1.O=C1CCC2(CC1)C(=O)Nc1ccccc12. The highest BCUT2D eigenvalue weighted by atomic mass is 16.6. The normalized spacial score (nSPS) is 26.5. The van der Waals surface area contributed by atoms with Crippen molar-refractivity contribution < 1.29 is 33.4 Å². The first-order valence-corrected chi connectivity index (χ1v) is 21.2. The molecule has 0 radical (unpaired) electrons. The first-order chi connectivity index (χ1) is 27.5. The van der Waals surface area contributed by atoms with Crippen LogP contribution >= 0.6 is 0 Å². The molecule has 6 aliphatic heterocycles. The fraction of sp³-hybridized carbons (Fsp3) is 0.622. The number of benzene rings is 2. The summed E-state index contributed by atoms with van der Waals surface area (Å²) in [6.45, 7) is 12.3. The van der Waals surface area contributed by atoms with E-state index in [4.69, 9.17) is 9.47 Å². The van der Waals surface area contributed by atoms with Gasteiger partial charge in [0.25, 0.3) is 0 Å². The van der Waals surface area contributed by atoms with Gasteiger partial charge >= 0.3 is 12.2 Å². The third kappa shape index (κ3) is 7.60. The smallest absolute Gasteiger partial charge is 0.409 e. The molecule has 4 amide bonds. The molecule has 0 bridgehead atoms. The molecule has 6 fully saturated rings. The predicted octanol–water partition coefficient (Wildman–Crippen LogP) is 6.08. The monoisotopic (exact) mass is 798 g/mol. The Kier molecular flexibility index (Phi) is 12.0. The van der Waals surface area contributed by atoms with Crippen molar-refractivity contribution >= 4 is 41.2 Å². The summed E-state index contributed by atoms with van der Waals surface area (Å²) < 4.78 is 10.0. The number of hydrogen-bond acceptors (Lipinski definition) is 9. The maximum absolute atomic E-state index is 12.8. The lowest BCUT2D eigenvalue weighted by atomic mass is 9.68. The van der Waals surface area contributed by atoms with Crippen LogP contribution < -0.4 is 16.0 Å². The molecule has 10 rings (SSSR count). The van der Waals surface area contributed by atoms with Crippen LogP contribution in [-0.2, 0) is 34.7 Å². The van der Waals surface area contributed by atoms with Crippen molar-refractivity contribution in [1.29, 1.82) is 0 Å². The van der Waals surface area contributed by atoms with Gasteiger partial charge in [0.1, 0.15) is 5.78 Å². The summed E-state index contributed by atoms with van der Waals surface area (Å²) in [5.74, 6) is 0.540. The van der Waals surface area contributed by atoms with Crippen molar-refractivity contribution in [3.8, 4) is 0 Å². The van der Waals surface area contributed by atoms with Crippen molar-refractivity contribution in [2.24, 2.45) is 10.8 Å². The number of hydrogen-bond donors (Lipinski definition) is 3. The van der Waals surface area contributed by atoms with Crippen molar-refractivity contribution in [3.05, 3.63) is 59.7 Å². The molecule has 4 spiro atoms. The number of fused-ring (bicyclic) bond motifs is 4. The fourth-order valence-corrected chi connectivity index (χ4v) is 11.0. The van der Waals surface area contributed by atoms with E-state index in [2.05, 4.69) is 26.9 Å². The lowest BCUT2D eigenvalue weighted by molar-refractivity contribution is -0.126. The lowest BCUT2D eigenvalue weighted by Gasteiger charge is -2.48. The van der Waals surface area contributed by atoms with E-state index in [0.717, 1.165) is 101 Å². The molecule has 2 aromatic rings. The second kappa shape index (κ2) is 16.6. The maximum Gasteiger partial charge on any atom is 0.409 e. The lowest BCUT2D eigenvalue weighted by Crippen LogP contribution is -2.60. The number of carbonyl (C=O) groups excluding carboxylic acids is 5. The van der Waals surface area contributed by atoms with Gasteiger partial charge in [-0.25, -0.2) is 9.59 Å². The summed E-state index contributed by atoms with van der Waals surface area (Å²) in [6.07, 6.45) is 8.41. The molecule has 0 unspecified atom stereocenters. The predicted molar refractivity (Wildman–Crippen MR) is 222 cm³/mol. The number of amides is 4. The Labute approximate surface area is 342 Å². The van der Waals surface area contributed by atoms with Gasteiger partial charge in [-0.1, -0.05) is 43.8 Å². The number of para-hydroxylation sites is 2. The molecule has 2 aromatic carbocycles. The minimum absolute atomic E-state index is 0. The van der Waals surface area contributed by atoms with Crippen LogP contribution in [0.5, 0.6) is 0 Å². The van der Waals surface area contributed by atoms with Gasteiger partial charge in [-0.2, -0.15) is 0 Å². The van der Waals surface area contributed by atoms with Crippen molar-refractivity contribution in [3.63, 3.8) is 0 Å². The molecule has 13 nitrogen and oxygen atoms in total. The van der Waals surface area contributed by atoms with Crippen LogP contribution in [0.4, 0.5) is 21.0 Å². The van der Waals surface area contributed by atoms with Gasteiger partial charge in [0, 0.05) is 80.4 Å². The zero-order chi connectivity index (χ0) is 39.8. The number of Topliss-reactive ketones (excluding diaryl/α,β-unsaturated/α-hetero) is 1. The highest BCUT2D eigenvalue weighted by Crippen LogP contribution is 2.50. The summed E-state index contributed by atoms with van der Waals surface area (Å²) in [7, 11) is 0. The van der Waals surface area contributed by atoms with Crippen LogP contribution in [0.25, 0.3) is 0 Å². The van der Waals surface area contributed by atoms with Crippen LogP contribution in [0.2, 0.25) is 0 Å². The van der Waals surface area contributed by atoms with Gasteiger partial charge in [0.05, 0.1) is 24.0 Å². The van der Waals surface area contributed by atoms with Crippen molar-refractivity contribution in [1.82, 2.24) is 20.0 Å². The van der Waals surface area contributed by atoms with E-state index in [1.165, 1.54) is 12.0 Å². The zero-order valence-corrected chi connectivity index (χ0v) is 33.5. The zero-order valence-electron chi connectivity index (χ0n) is 33.5. The third-order valence-corrected chi connectivity index (χ3v) is 14.2. The minimum Gasteiger partial charge on any atom is -0.450 e. The third-order valence-electron chi connectivity index (χ3n) is 14.2. The molecule has 0 aromatic heterocycles. The molecular weight excluding hydrogens is 737 g/mol. The number of ether oxygens (including phenoxy) is 2. The topological polar surface area (TPSA) is 150 Å². The number of nitrogens with zero attached hydrogens (tertiary/aromatic N) is 3. The van der Waals surface area contributed by atoms with E-state index in [9.17, 15) is 24.0 Å². The van der Waals surface area contributed by atoms with Gasteiger partial charge in [0.2, 0.25) is 11.8 Å². The Morgan fingerprint density at radius 1 is 0.672 bits per heavy atom. The van der Waals surface area contributed by atoms with Crippen molar-refractivity contribution in [2.45, 2.75) is 102 Å². The molecule has 6 heterocycles. The molecule has 0 atom stereocenters. The summed E-state index contributed by atoms with van der Waals surface area (Å²) in [4.78, 5) is 65.5. The average Bonchev–Trinajstić information content (AvgIpc) is 3.98. The van der Waals surface area contributed by atoms with Gasteiger partial charge in [-0.15, -0.1) is 0 Å². The second-order valence-corrected chi connectivity index (χ2v) is 17.7. The van der Waals surface area contributed by atoms with Gasteiger partial charge in [0.15, 0.2) is 0 Å². The van der Waals surface area contributed by atoms with Gasteiger partial charge in [-0.3, -0.25) is 19.3 Å². The molecular formula is C45H62N6O7. The standard InChI is InChI=1S/C22H29N3O3.C13H13NO2.C9H16N2O2.CH4/c1-2-28-20(27)25-14-21(15-25)11-12-24(13-21)16-7-9-22(10-8-16)17-5-3-4-6-18(17)23-19(22)26;15-9-5-7-13(8-6-9)10-3-1-2-4-11(10)14-12(13)16;1-2-13-8(12)11-6-9(7-11)3-4-10-5-9;/h3-6,16H,2,7-15H2,1H3,(H,23,26);1-4H,5-8H2,(H,14,16);10H,2-7H2,1H3;1H4.